The van der Waals surface area contributed by atoms with Gasteiger partial charge in [0.15, 0.2) is 9.84 Å². The lowest BCUT2D eigenvalue weighted by atomic mass is 10.1. The second-order valence-electron chi connectivity index (χ2n) is 7.16. The Kier molecular flexibility index (Phi) is 5.76. The van der Waals surface area contributed by atoms with Gasteiger partial charge in [-0.3, -0.25) is 4.90 Å². The second kappa shape index (κ2) is 7.93. The molecule has 1 heterocycles. The number of carbonyl (C=O) groups is 1. The zero-order valence-corrected chi connectivity index (χ0v) is 17.1. The van der Waals surface area contributed by atoms with E-state index in [4.69, 9.17) is 9.47 Å². The molecule has 6 nitrogen and oxygen atoms in total. The molecule has 1 fully saturated rings. The van der Waals surface area contributed by atoms with E-state index < -0.39 is 21.7 Å². The topological polar surface area (TPSA) is 72.9 Å². The lowest BCUT2D eigenvalue weighted by molar-refractivity contribution is -0.0493. The van der Waals surface area contributed by atoms with Crippen LogP contribution >= 0.6 is 0 Å². The molecule has 0 spiro atoms. The van der Waals surface area contributed by atoms with Gasteiger partial charge in [0.05, 0.1) is 23.3 Å². The third-order valence-electron chi connectivity index (χ3n) is 4.89. The number of ether oxygens (including phenoxy) is 2. The Labute approximate surface area is 166 Å². The van der Waals surface area contributed by atoms with Crippen molar-refractivity contribution in [1.82, 2.24) is 4.90 Å². The van der Waals surface area contributed by atoms with Crippen molar-refractivity contribution in [1.29, 1.82) is 0 Å². The summed E-state index contributed by atoms with van der Waals surface area (Å²) in [4.78, 5) is 14.7. The molecule has 7 heteroatoms. The van der Waals surface area contributed by atoms with Crippen LogP contribution in [0.4, 0.5) is 4.79 Å². The van der Waals surface area contributed by atoms with E-state index in [2.05, 4.69) is 0 Å². The monoisotopic (exact) mass is 403 g/mol. The van der Waals surface area contributed by atoms with Gasteiger partial charge >= 0.3 is 6.09 Å². The van der Waals surface area contributed by atoms with E-state index in [1.165, 1.54) is 0 Å². The molecule has 150 valence electrons. The van der Waals surface area contributed by atoms with Crippen LogP contribution in [-0.4, -0.2) is 37.5 Å². The Hall–Kier alpha value is -2.38. The van der Waals surface area contributed by atoms with Crippen LogP contribution in [0.5, 0.6) is 0 Å². The van der Waals surface area contributed by atoms with Gasteiger partial charge in [-0.15, -0.1) is 0 Å². The summed E-state index contributed by atoms with van der Waals surface area (Å²) in [7, 11) is -3.27. The molecule has 0 bridgehead atoms. The van der Waals surface area contributed by atoms with Crippen LogP contribution in [0.3, 0.4) is 0 Å². The van der Waals surface area contributed by atoms with Gasteiger partial charge < -0.3 is 9.47 Å². The summed E-state index contributed by atoms with van der Waals surface area (Å²) in [5.74, 6) is 0.0455. The van der Waals surface area contributed by atoms with Gasteiger partial charge in [-0.05, 0) is 37.1 Å². The first kappa shape index (κ1) is 20.4. The highest BCUT2D eigenvalue weighted by atomic mass is 32.2. The highest BCUT2D eigenvalue weighted by molar-refractivity contribution is 7.91. The van der Waals surface area contributed by atoms with Gasteiger partial charge in [-0.1, -0.05) is 49.4 Å². The summed E-state index contributed by atoms with van der Waals surface area (Å²) in [6.45, 7) is 5.72. The fraction of sp³-hybridized carbons (Fsp3) is 0.381. The van der Waals surface area contributed by atoms with E-state index in [-0.39, 0.29) is 23.3 Å². The Morgan fingerprint density at radius 2 is 1.79 bits per heavy atom. The Bertz CT molecular complexity index is 923. The number of hydrogen-bond acceptors (Lipinski definition) is 5. The largest absolute Gasteiger partial charge is 0.444 e. The predicted molar refractivity (Wildman–Crippen MR) is 105 cm³/mol. The van der Waals surface area contributed by atoms with Crippen molar-refractivity contribution in [2.45, 2.75) is 44.0 Å². The average Bonchev–Trinajstić information content (AvgIpc) is 3.02. The molecule has 0 radical (unpaired) electrons. The second-order valence-corrected chi connectivity index (χ2v) is 9.43. The SMILES string of the molecule is CCS(=O)(=O)c1ccc(C2COC(C)(C)N2C(=O)OCc2ccccc2)cc1. The minimum absolute atomic E-state index is 0.0455. The van der Waals surface area contributed by atoms with E-state index in [1.807, 2.05) is 44.2 Å². The summed E-state index contributed by atoms with van der Waals surface area (Å²) in [5.41, 5.74) is 0.879. The van der Waals surface area contributed by atoms with Crippen molar-refractivity contribution < 1.29 is 22.7 Å². The van der Waals surface area contributed by atoms with Crippen LogP contribution in [0.25, 0.3) is 0 Å². The predicted octanol–water partition coefficient (Wildman–Crippen LogP) is 3.93. The minimum Gasteiger partial charge on any atom is -0.444 e. The zero-order chi connectivity index (χ0) is 20.4. The smallest absolute Gasteiger partial charge is 0.412 e. The average molecular weight is 404 g/mol. The third-order valence-corrected chi connectivity index (χ3v) is 6.64. The molecule has 0 aliphatic carbocycles. The summed E-state index contributed by atoms with van der Waals surface area (Å²) in [5, 5.41) is 0. The zero-order valence-electron chi connectivity index (χ0n) is 16.3. The molecule has 1 saturated heterocycles. The summed E-state index contributed by atoms with van der Waals surface area (Å²) < 4.78 is 35.4. The standard InChI is InChI=1S/C21H25NO5S/c1-4-28(24,25)18-12-10-17(11-13-18)19-15-27-21(2,3)22(19)20(23)26-14-16-8-6-5-7-9-16/h5-13,19H,4,14-15H2,1-3H3. The van der Waals surface area contributed by atoms with Crippen molar-refractivity contribution in [2.24, 2.45) is 0 Å². The van der Waals surface area contributed by atoms with Crippen LogP contribution in [-0.2, 0) is 25.9 Å². The molecule has 1 unspecified atom stereocenters. The fourth-order valence-electron chi connectivity index (χ4n) is 3.25. The lowest BCUT2D eigenvalue weighted by Crippen LogP contribution is -2.45. The quantitative estimate of drug-likeness (QED) is 0.756. The van der Waals surface area contributed by atoms with Crippen LogP contribution < -0.4 is 0 Å². The highest BCUT2D eigenvalue weighted by Crippen LogP contribution is 2.37. The van der Waals surface area contributed by atoms with Crippen molar-refractivity contribution in [3.05, 3.63) is 65.7 Å². The Morgan fingerprint density at radius 1 is 1.14 bits per heavy atom. The Balaban J connectivity index is 1.79. The van der Waals surface area contributed by atoms with Crippen LogP contribution in [0, 0.1) is 0 Å². The first-order valence-electron chi connectivity index (χ1n) is 9.21. The number of hydrogen-bond donors (Lipinski definition) is 0. The number of nitrogens with zero attached hydrogens (tertiary/aromatic N) is 1. The van der Waals surface area contributed by atoms with E-state index in [0.29, 0.717) is 6.61 Å². The molecule has 1 atom stereocenters. The maximum Gasteiger partial charge on any atom is 0.412 e. The molecule has 2 aromatic carbocycles. The van der Waals surface area contributed by atoms with Crippen LogP contribution in [0.1, 0.15) is 37.9 Å². The first-order valence-corrected chi connectivity index (χ1v) is 10.9. The Morgan fingerprint density at radius 3 is 2.39 bits per heavy atom. The highest BCUT2D eigenvalue weighted by Gasteiger charge is 2.45. The molecule has 28 heavy (non-hydrogen) atoms. The van der Waals surface area contributed by atoms with Crippen molar-refractivity contribution in [2.75, 3.05) is 12.4 Å². The molecule has 0 aromatic heterocycles. The van der Waals surface area contributed by atoms with Gasteiger partial charge in [0.1, 0.15) is 12.3 Å². The van der Waals surface area contributed by atoms with Crippen molar-refractivity contribution in [3.63, 3.8) is 0 Å². The number of amides is 1. The van der Waals surface area contributed by atoms with Gasteiger partial charge in [-0.2, -0.15) is 0 Å². The minimum atomic E-state index is -3.27. The maximum atomic E-state index is 12.8. The number of benzene rings is 2. The fourth-order valence-corrected chi connectivity index (χ4v) is 4.13. The van der Waals surface area contributed by atoms with E-state index in [0.717, 1.165) is 11.1 Å². The maximum absolute atomic E-state index is 12.8. The molecule has 2 aromatic rings. The van der Waals surface area contributed by atoms with Gasteiger partial charge in [-0.25, -0.2) is 13.2 Å². The van der Waals surface area contributed by atoms with Gasteiger partial charge in [0.2, 0.25) is 0 Å². The molecule has 1 aliphatic heterocycles. The molecule has 3 rings (SSSR count). The molecule has 0 N–H and O–H groups in total. The van der Waals surface area contributed by atoms with Gasteiger partial charge in [0, 0.05) is 0 Å². The number of sulfone groups is 1. The van der Waals surface area contributed by atoms with E-state index in [1.54, 1.807) is 36.1 Å². The molecular weight excluding hydrogens is 378 g/mol. The third kappa shape index (κ3) is 4.20. The van der Waals surface area contributed by atoms with Crippen molar-refractivity contribution >= 4 is 15.9 Å². The molecule has 1 amide bonds. The molecule has 1 aliphatic rings. The first-order chi connectivity index (χ1) is 13.2. The van der Waals surface area contributed by atoms with E-state index >= 15 is 0 Å². The van der Waals surface area contributed by atoms with E-state index in [9.17, 15) is 13.2 Å². The summed E-state index contributed by atoms with van der Waals surface area (Å²) in [6, 6.07) is 15.7. The van der Waals surface area contributed by atoms with Crippen molar-refractivity contribution in [3.8, 4) is 0 Å². The summed E-state index contributed by atoms with van der Waals surface area (Å²) >= 11 is 0. The van der Waals surface area contributed by atoms with Crippen LogP contribution in [0.15, 0.2) is 59.5 Å². The lowest BCUT2D eigenvalue weighted by Gasteiger charge is -2.32. The molecule has 0 saturated carbocycles. The van der Waals surface area contributed by atoms with Gasteiger partial charge in [0.25, 0.3) is 0 Å². The van der Waals surface area contributed by atoms with Crippen LogP contribution in [0.2, 0.25) is 0 Å². The summed E-state index contributed by atoms with van der Waals surface area (Å²) in [6.07, 6.45) is -0.471. The number of rotatable bonds is 5. The number of carbonyl (C=O) groups excluding carboxylic acids is 1. The normalized spacial score (nSPS) is 18.8. The molecular formula is C21H25NO5S.